The fraction of sp³-hybridized carbons (Fsp3) is 0.417. The maximum Gasteiger partial charge on any atom is 0.326 e. The van der Waals surface area contributed by atoms with E-state index in [2.05, 4.69) is 5.32 Å². The number of hydrogen-bond donors (Lipinski definition) is 2. The van der Waals surface area contributed by atoms with E-state index in [9.17, 15) is 9.18 Å². The first-order chi connectivity index (χ1) is 7.49. The topological polar surface area (TPSA) is 49.3 Å². The predicted octanol–water partition coefficient (Wildman–Crippen LogP) is 2.74. The number of carboxylic acid groups (broad SMARTS) is 1. The molecule has 1 aromatic rings. The number of benzene rings is 1. The number of halogens is 1. The van der Waals surface area contributed by atoms with Gasteiger partial charge in [0.05, 0.1) is 0 Å². The Morgan fingerprint density at radius 1 is 1.38 bits per heavy atom. The van der Waals surface area contributed by atoms with Crippen molar-refractivity contribution in [1.82, 2.24) is 0 Å². The largest absolute Gasteiger partial charge is 0.480 e. The van der Waals surface area contributed by atoms with E-state index in [0.717, 1.165) is 0 Å². The number of aliphatic carboxylic acids is 1. The molecule has 4 heteroatoms. The van der Waals surface area contributed by atoms with Gasteiger partial charge < -0.3 is 10.4 Å². The first-order valence-electron chi connectivity index (χ1n) is 5.24. The molecular weight excluding hydrogens is 209 g/mol. The standard InChI is InChI=1S/C12H16FNO2/c1-8(2)7-11(12(15)16)14-10-5-3-9(13)4-6-10/h3-6,8,11,14H,7H2,1-2H3,(H,15,16). The van der Waals surface area contributed by atoms with Crippen LogP contribution in [0, 0.1) is 11.7 Å². The second-order valence-electron chi connectivity index (χ2n) is 4.17. The Morgan fingerprint density at radius 2 is 1.94 bits per heavy atom. The first-order valence-corrected chi connectivity index (χ1v) is 5.24. The summed E-state index contributed by atoms with van der Waals surface area (Å²) in [6.07, 6.45) is 0.534. The van der Waals surface area contributed by atoms with E-state index >= 15 is 0 Å². The molecule has 0 aliphatic heterocycles. The summed E-state index contributed by atoms with van der Waals surface area (Å²) in [6.45, 7) is 3.92. The van der Waals surface area contributed by atoms with E-state index in [-0.39, 0.29) is 11.7 Å². The van der Waals surface area contributed by atoms with Crippen LogP contribution in [0.5, 0.6) is 0 Å². The van der Waals surface area contributed by atoms with Gasteiger partial charge in [0.15, 0.2) is 0 Å². The summed E-state index contributed by atoms with van der Waals surface area (Å²) in [4.78, 5) is 11.0. The molecule has 0 amide bonds. The van der Waals surface area contributed by atoms with Crippen molar-refractivity contribution in [2.45, 2.75) is 26.3 Å². The lowest BCUT2D eigenvalue weighted by Gasteiger charge is -2.17. The van der Waals surface area contributed by atoms with Crippen LogP contribution in [-0.4, -0.2) is 17.1 Å². The molecule has 0 spiro atoms. The van der Waals surface area contributed by atoms with Crippen LogP contribution in [0.3, 0.4) is 0 Å². The Balaban J connectivity index is 2.68. The van der Waals surface area contributed by atoms with E-state index in [4.69, 9.17) is 5.11 Å². The quantitative estimate of drug-likeness (QED) is 0.810. The first kappa shape index (κ1) is 12.5. The van der Waals surface area contributed by atoms with Gasteiger partial charge in [0.25, 0.3) is 0 Å². The highest BCUT2D eigenvalue weighted by Crippen LogP contribution is 2.14. The number of rotatable bonds is 5. The highest BCUT2D eigenvalue weighted by Gasteiger charge is 2.18. The van der Waals surface area contributed by atoms with Gasteiger partial charge in [-0.15, -0.1) is 0 Å². The highest BCUT2D eigenvalue weighted by atomic mass is 19.1. The van der Waals surface area contributed by atoms with Gasteiger partial charge in [-0.1, -0.05) is 13.8 Å². The third-order valence-electron chi connectivity index (χ3n) is 2.19. The maximum atomic E-state index is 12.6. The minimum absolute atomic E-state index is 0.286. The zero-order valence-electron chi connectivity index (χ0n) is 9.40. The van der Waals surface area contributed by atoms with E-state index in [0.29, 0.717) is 12.1 Å². The monoisotopic (exact) mass is 225 g/mol. The van der Waals surface area contributed by atoms with Gasteiger partial charge in [0, 0.05) is 5.69 Å². The summed E-state index contributed by atoms with van der Waals surface area (Å²) in [5, 5.41) is 11.9. The average Bonchev–Trinajstić information content (AvgIpc) is 2.19. The van der Waals surface area contributed by atoms with E-state index < -0.39 is 12.0 Å². The molecule has 1 aromatic carbocycles. The molecule has 0 bridgehead atoms. The van der Waals surface area contributed by atoms with Crippen molar-refractivity contribution in [2.75, 3.05) is 5.32 Å². The molecule has 0 aromatic heterocycles. The van der Waals surface area contributed by atoms with Crippen molar-refractivity contribution in [2.24, 2.45) is 5.92 Å². The molecule has 3 nitrogen and oxygen atoms in total. The van der Waals surface area contributed by atoms with Crippen molar-refractivity contribution in [3.05, 3.63) is 30.1 Å². The third-order valence-corrected chi connectivity index (χ3v) is 2.19. The van der Waals surface area contributed by atoms with Crippen molar-refractivity contribution < 1.29 is 14.3 Å². The van der Waals surface area contributed by atoms with Crippen molar-refractivity contribution in [3.63, 3.8) is 0 Å². The van der Waals surface area contributed by atoms with Gasteiger partial charge in [-0.2, -0.15) is 0 Å². The molecule has 0 saturated heterocycles. The molecule has 0 aliphatic rings. The van der Waals surface area contributed by atoms with Crippen LogP contribution in [0.25, 0.3) is 0 Å². The molecule has 88 valence electrons. The summed E-state index contributed by atoms with van der Waals surface area (Å²) in [6, 6.07) is 5.04. The average molecular weight is 225 g/mol. The lowest BCUT2D eigenvalue weighted by molar-refractivity contribution is -0.138. The van der Waals surface area contributed by atoms with Crippen LogP contribution in [0.1, 0.15) is 20.3 Å². The Kier molecular flexibility index (Phi) is 4.28. The molecule has 0 heterocycles. The molecule has 16 heavy (non-hydrogen) atoms. The number of hydrogen-bond acceptors (Lipinski definition) is 2. The molecule has 1 unspecified atom stereocenters. The molecular formula is C12H16FNO2. The smallest absolute Gasteiger partial charge is 0.326 e. The second kappa shape index (κ2) is 5.49. The maximum absolute atomic E-state index is 12.6. The second-order valence-corrected chi connectivity index (χ2v) is 4.17. The van der Waals surface area contributed by atoms with E-state index in [1.54, 1.807) is 0 Å². The molecule has 1 rings (SSSR count). The van der Waals surface area contributed by atoms with Crippen LogP contribution in [0.2, 0.25) is 0 Å². The summed E-state index contributed by atoms with van der Waals surface area (Å²) in [5.74, 6) is -0.937. The molecule has 0 saturated carbocycles. The third kappa shape index (κ3) is 3.88. The fourth-order valence-electron chi connectivity index (χ4n) is 1.44. The molecule has 0 fully saturated rings. The summed E-state index contributed by atoms with van der Waals surface area (Å²) < 4.78 is 12.6. The van der Waals surface area contributed by atoms with Crippen LogP contribution in [0.4, 0.5) is 10.1 Å². The van der Waals surface area contributed by atoms with Gasteiger partial charge >= 0.3 is 5.97 Å². The normalized spacial score (nSPS) is 12.5. The number of nitrogens with one attached hydrogen (secondary N) is 1. The zero-order chi connectivity index (χ0) is 12.1. The Bertz CT molecular complexity index is 349. The fourth-order valence-corrected chi connectivity index (χ4v) is 1.44. The van der Waals surface area contributed by atoms with Gasteiger partial charge in [0.1, 0.15) is 11.9 Å². The van der Waals surface area contributed by atoms with Gasteiger partial charge in [0.2, 0.25) is 0 Å². The summed E-state index contributed by atoms with van der Waals surface area (Å²) in [7, 11) is 0. The highest BCUT2D eigenvalue weighted by molar-refractivity contribution is 5.77. The SMILES string of the molecule is CC(C)CC(Nc1ccc(F)cc1)C(=O)O. The van der Waals surface area contributed by atoms with Crippen LogP contribution in [0.15, 0.2) is 24.3 Å². The molecule has 1 atom stereocenters. The van der Waals surface area contributed by atoms with E-state index in [1.807, 2.05) is 13.8 Å². The van der Waals surface area contributed by atoms with Crippen LogP contribution >= 0.6 is 0 Å². The van der Waals surface area contributed by atoms with Gasteiger partial charge in [-0.05, 0) is 36.6 Å². The Morgan fingerprint density at radius 3 is 2.38 bits per heavy atom. The number of anilines is 1. The number of carbonyl (C=O) groups is 1. The van der Waals surface area contributed by atoms with Crippen LogP contribution < -0.4 is 5.32 Å². The van der Waals surface area contributed by atoms with Crippen LogP contribution in [-0.2, 0) is 4.79 Å². The number of carboxylic acids is 1. The summed E-state index contributed by atoms with van der Waals surface area (Å²) >= 11 is 0. The van der Waals surface area contributed by atoms with E-state index in [1.165, 1.54) is 24.3 Å². The molecule has 0 radical (unpaired) electrons. The Hall–Kier alpha value is -1.58. The molecule has 2 N–H and O–H groups in total. The lowest BCUT2D eigenvalue weighted by atomic mass is 10.0. The van der Waals surface area contributed by atoms with Crippen molar-refractivity contribution >= 4 is 11.7 Å². The van der Waals surface area contributed by atoms with Crippen molar-refractivity contribution in [3.8, 4) is 0 Å². The molecule has 0 aliphatic carbocycles. The minimum Gasteiger partial charge on any atom is -0.480 e. The lowest BCUT2D eigenvalue weighted by Crippen LogP contribution is -2.30. The van der Waals surface area contributed by atoms with Gasteiger partial charge in [-0.25, -0.2) is 9.18 Å². The van der Waals surface area contributed by atoms with Gasteiger partial charge in [-0.3, -0.25) is 0 Å². The zero-order valence-corrected chi connectivity index (χ0v) is 9.40. The minimum atomic E-state index is -0.891. The van der Waals surface area contributed by atoms with Crippen molar-refractivity contribution in [1.29, 1.82) is 0 Å². The summed E-state index contributed by atoms with van der Waals surface area (Å²) in [5.41, 5.74) is 0.620. The Labute approximate surface area is 94.3 Å². The predicted molar refractivity (Wildman–Crippen MR) is 60.9 cm³/mol.